The number of nitrogens with zero attached hydrogens (tertiary/aromatic N) is 2. The molecule has 0 saturated heterocycles. The summed E-state index contributed by atoms with van der Waals surface area (Å²) in [6.07, 6.45) is 8.30. The fourth-order valence-corrected chi connectivity index (χ4v) is 2.08. The quantitative estimate of drug-likeness (QED) is 0.744. The molecule has 3 heteroatoms. The average molecular weight is 178 g/mol. The molecule has 0 unspecified atom stereocenters. The van der Waals surface area contributed by atoms with Gasteiger partial charge < -0.3 is 9.67 Å². The smallest absolute Gasteiger partial charge is 0.112 e. The van der Waals surface area contributed by atoms with Crippen LogP contribution in [0.1, 0.15) is 43.5 Å². The molecule has 13 heavy (non-hydrogen) atoms. The van der Waals surface area contributed by atoms with E-state index in [1.165, 1.54) is 18.7 Å². The normalized spacial score (nSPS) is 33.0. The fraction of sp³-hybridized carbons (Fsp3) is 0.700. The highest BCUT2D eigenvalue weighted by Crippen LogP contribution is 2.42. The van der Waals surface area contributed by atoms with Crippen LogP contribution in [0.4, 0.5) is 0 Å². The molecule has 1 aromatic heterocycles. The minimum Gasteiger partial charge on any atom is -0.393 e. The van der Waals surface area contributed by atoms with Gasteiger partial charge in [-0.25, -0.2) is 4.98 Å². The van der Waals surface area contributed by atoms with Gasteiger partial charge in [-0.1, -0.05) is 0 Å². The van der Waals surface area contributed by atoms with Crippen LogP contribution < -0.4 is 0 Å². The number of hydrogen-bond donors (Lipinski definition) is 1. The Morgan fingerprint density at radius 3 is 2.77 bits per heavy atom. The van der Waals surface area contributed by atoms with Crippen molar-refractivity contribution in [3.8, 4) is 0 Å². The zero-order chi connectivity index (χ0) is 8.84. The number of aliphatic hydroxyl groups is 1. The third-order valence-corrected chi connectivity index (χ3v) is 3.12. The van der Waals surface area contributed by atoms with E-state index in [1.54, 1.807) is 0 Å². The zero-order valence-electron chi connectivity index (χ0n) is 7.56. The predicted molar refractivity (Wildman–Crippen MR) is 48.5 cm³/mol. The molecule has 0 spiro atoms. The van der Waals surface area contributed by atoms with Crippen LogP contribution in [0, 0.1) is 0 Å². The molecule has 0 amide bonds. The molecule has 3 nitrogen and oxygen atoms in total. The van der Waals surface area contributed by atoms with Crippen molar-refractivity contribution in [2.24, 2.45) is 0 Å². The second-order valence-electron chi connectivity index (χ2n) is 4.25. The SMILES string of the molecule is OC1CC(n2ccnc2C2CC2)C1. The Hall–Kier alpha value is -0.830. The minimum absolute atomic E-state index is 0.0700. The Bertz CT molecular complexity index is 310. The molecule has 1 aromatic rings. The lowest BCUT2D eigenvalue weighted by Crippen LogP contribution is -2.31. The third kappa shape index (κ3) is 1.18. The Balaban J connectivity index is 1.83. The maximum absolute atomic E-state index is 9.23. The molecule has 1 N–H and O–H groups in total. The van der Waals surface area contributed by atoms with Crippen LogP contribution in [0.15, 0.2) is 12.4 Å². The molecule has 2 aliphatic carbocycles. The molecule has 0 bridgehead atoms. The second kappa shape index (κ2) is 2.58. The summed E-state index contributed by atoms with van der Waals surface area (Å²) in [6, 6.07) is 0.521. The largest absolute Gasteiger partial charge is 0.393 e. The fourth-order valence-electron chi connectivity index (χ4n) is 2.08. The zero-order valence-corrected chi connectivity index (χ0v) is 7.56. The van der Waals surface area contributed by atoms with Crippen LogP contribution in [0.5, 0.6) is 0 Å². The van der Waals surface area contributed by atoms with Gasteiger partial charge in [0.15, 0.2) is 0 Å². The van der Waals surface area contributed by atoms with Crippen LogP contribution in [0.2, 0.25) is 0 Å². The standard InChI is InChI=1S/C10H14N2O/c13-9-5-8(6-9)12-4-3-11-10(12)7-1-2-7/h3-4,7-9,13H,1-2,5-6H2. The van der Waals surface area contributed by atoms with Crippen molar-refractivity contribution in [3.05, 3.63) is 18.2 Å². The molecule has 2 aliphatic rings. The van der Waals surface area contributed by atoms with Gasteiger partial charge in [-0.05, 0) is 25.7 Å². The van der Waals surface area contributed by atoms with Gasteiger partial charge >= 0.3 is 0 Å². The highest BCUT2D eigenvalue weighted by atomic mass is 16.3. The maximum atomic E-state index is 9.23. The minimum atomic E-state index is -0.0700. The van der Waals surface area contributed by atoms with Gasteiger partial charge in [0.2, 0.25) is 0 Å². The first-order valence-electron chi connectivity index (χ1n) is 5.05. The van der Waals surface area contributed by atoms with Crippen molar-refractivity contribution >= 4 is 0 Å². The van der Waals surface area contributed by atoms with E-state index in [9.17, 15) is 5.11 Å². The van der Waals surface area contributed by atoms with E-state index in [-0.39, 0.29) is 6.10 Å². The summed E-state index contributed by atoms with van der Waals surface area (Å²) >= 11 is 0. The summed E-state index contributed by atoms with van der Waals surface area (Å²) < 4.78 is 2.27. The van der Waals surface area contributed by atoms with Gasteiger partial charge in [0.1, 0.15) is 5.82 Å². The first-order valence-corrected chi connectivity index (χ1v) is 5.05. The van der Waals surface area contributed by atoms with E-state index < -0.39 is 0 Å². The van der Waals surface area contributed by atoms with E-state index in [0.29, 0.717) is 12.0 Å². The van der Waals surface area contributed by atoms with E-state index in [2.05, 4.69) is 15.7 Å². The monoisotopic (exact) mass is 178 g/mol. The van der Waals surface area contributed by atoms with Crippen LogP contribution in [-0.2, 0) is 0 Å². The van der Waals surface area contributed by atoms with Gasteiger partial charge in [0.25, 0.3) is 0 Å². The number of imidazole rings is 1. The summed E-state index contributed by atoms with van der Waals surface area (Å²) in [5.41, 5.74) is 0. The molecular weight excluding hydrogens is 164 g/mol. The summed E-state index contributed by atoms with van der Waals surface area (Å²) in [5.74, 6) is 1.96. The van der Waals surface area contributed by atoms with Crippen molar-refractivity contribution < 1.29 is 5.11 Å². The van der Waals surface area contributed by atoms with Crippen LogP contribution in [-0.4, -0.2) is 20.8 Å². The van der Waals surface area contributed by atoms with E-state index >= 15 is 0 Å². The summed E-state index contributed by atoms with van der Waals surface area (Å²) in [7, 11) is 0. The maximum Gasteiger partial charge on any atom is 0.112 e. The second-order valence-corrected chi connectivity index (χ2v) is 4.25. The van der Waals surface area contributed by atoms with Crippen LogP contribution in [0.3, 0.4) is 0 Å². The Morgan fingerprint density at radius 2 is 2.15 bits per heavy atom. The molecule has 0 radical (unpaired) electrons. The van der Waals surface area contributed by atoms with Gasteiger partial charge in [-0.3, -0.25) is 0 Å². The first-order chi connectivity index (χ1) is 6.34. The van der Waals surface area contributed by atoms with E-state index in [1.807, 2.05) is 6.20 Å². The summed E-state index contributed by atoms with van der Waals surface area (Å²) in [6.45, 7) is 0. The molecule has 1 heterocycles. The highest BCUT2D eigenvalue weighted by Gasteiger charge is 2.34. The third-order valence-electron chi connectivity index (χ3n) is 3.12. The van der Waals surface area contributed by atoms with Crippen molar-refractivity contribution in [2.45, 2.75) is 43.7 Å². The molecule has 2 fully saturated rings. The van der Waals surface area contributed by atoms with Crippen LogP contribution >= 0.6 is 0 Å². The van der Waals surface area contributed by atoms with Crippen molar-refractivity contribution in [2.75, 3.05) is 0 Å². The lowest BCUT2D eigenvalue weighted by Gasteiger charge is -2.33. The molecule has 2 saturated carbocycles. The first kappa shape index (κ1) is 7.56. The molecule has 70 valence electrons. The van der Waals surface area contributed by atoms with Gasteiger partial charge in [-0.15, -0.1) is 0 Å². The Labute approximate surface area is 77.4 Å². The predicted octanol–water partition coefficient (Wildman–Crippen LogP) is 1.46. The lowest BCUT2D eigenvalue weighted by atomic mass is 9.89. The van der Waals surface area contributed by atoms with Crippen molar-refractivity contribution in [1.82, 2.24) is 9.55 Å². The van der Waals surface area contributed by atoms with Crippen LogP contribution in [0.25, 0.3) is 0 Å². The molecule has 3 rings (SSSR count). The molecule has 0 aromatic carbocycles. The molecule has 0 aliphatic heterocycles. The Morgan fingerprint density at radius 1 is 1.38 bits per heavy atom. The Kier molecular flexibility index (Phi) is 1.50. The lowest BCUT2D eigenvalue weighted by molar-refractivity contribution is 0.0474. The van der Waals surface area contributed by atoms with Crippen molar-refractivity contribution in [1.29, 1.82) is 0 Å². The molecule has 0 atom stereocenters. The van der Waals surface area contributed by atoms with E-state index in [4.69, 9.17) is 0 Å². The van der Waals surface area contributed by atoms with E-state index in [0.717, 1.165) is 12.8 Å². The summed E-state index contributed by atoms with van der Waals surface area (Å²) in [4.78, 5) is 4.39. The average Bonchev–Trinajstić information content (AvgIpc) is 2.80. The topological polar surface area (TPSA) is 38.0 Å². The number of aromatic nitrogens is 2. The van der Waals surface area contributed by atoms with Gasteiger partial charge in [0, 0.05) is 24.4 Å². The molecular formula is C10H14N2O. The summed E-state index contributed by atoms with van der Waals surface area (Å²) in [5, 5.41) is 9.23. The number of aliphatic hydroxyl groups excluding tert-OH is 1. The highest BCUT2D eigenvalue weighted by molar-refractivity contribution is 5.10. The number of rotatable bonds is 2. The van der Waals surface area contributed by atoms with Crippen molar-refractivity contribution in [3.63, 3.8) is 0 Å². The number of hydrogen-bond acceptors (Lipinski definition) is 2. The van der Waals surface area contributed by atoms with Gasteiger partial charge in [0.05, 0.1) is 6.10 Å². The van der Waals surface area contributed by atoms with Gasteiger partial charge in [-0.2, -0.15) is 0 Å².